The fourth-order valence-electron chi connectivity index (χ4n) is 5.22. The summed E-state index contributed by atoms with van der Waals surface area (Å²) >= 11 is 1.62. The van der Waals surface area contributed by atoms with E-state index in [4.69, 9.17) is 9.72 Å². The lowest BCUT2D eigenvalue weighted by molar-refractivity contribution is -0.140. The summed E-state index contributed by atoms with van der Waals surface area (Å²) in [5.74, 6) is -1.01. The average molecular weight is 542 g/mol. The fourth-order valence-corrected chi connectivity index (χ4v) is 6.11. The molecule has 5 rings (SSSR count). The predicted octanol–water partition coefficient (Wildman–Crippen LogP) is 1.25. The van der Waals surface area contributed by atoms with Crippen molar-refractivity contribution in [3.05, 3.63) is 35.2 Å². The predicted molar refractivity (Wildman–Crippen MR) is 144 cm³/mol. The van der Waals surface area contributed by atoms with Gasteiger partial charge in [-0.15, -0.1) is 11.3 Å². The van der Waals surface area contributed by atoms with Gasteiger partial charge in [0.2, 0.25) is 5.91 Å². The first kappa shape index (κ1) is 26.7. The number of rotatable bonds is 5. The molecule has 4 heterocycles. The molecule has 38 heavy (non-hydrogen) atoms. The second kappa shape index (κ2) is 10.4. The van der Waals surface area contributed by atoms with Gasteiger partial charge in [-0.3, -0.25) is 14.4 Å². The number of piperazine rings is 1. The van der Waals surface area contributed by atoms with Crippen molar-refractivity contribution in [3.8, 4) is 11.3 Å². The van der Waals surface area contributed by atoms with Gasteiger partial charge in [-0.25, -0.2) is 4.98 Å². The highest BCUT2D eigenvalue weighted by Crippen LogP contribution is 2.31. The van der Waals surface area contributed by atoms with Gasteiger partial charge in [-0.05, 0) is 24.6 Å². The van der Waals surface area contributed by atoms with Crippen LogP contribution in [0.15, 0.2) is 29.6 Å². The summed E-state index contributed by atoms with van der Waals surface area (Å²) in [6, 6.07) is 5.48. The molecule has 11 heteroatoms. The highest BCUT2D eigenvalue weighted by atomic mass is 32.1. The van der Waals surface area contributed by atoms with Gasteiger partial charge in [0.25, 0.3) is 5.91 Å². The van der Waals surface area contributed by atoms with Crippen LogP contribution >= 0.6 is 11.3 Å². The van der Waals surface area contributed by atoms with Gasteiger partial charge >= 0.3 is 0 Å². The first-order chi connectivity index (χ1) is 18.0. The fraction of sp³-hybridized carbons (Fsp3) is 0.556. The maximum Gasteiger partial charge on any atom is 0.251 e. The lowest BCUT2D eigenvalue weighted by atomic mass is 9.85. The number of aliphatic hydroxyl groups is 1. The molecule has 3 saturated heterocycles. The van der Waals surface area contributed by atoms with Gasteiger partial charge in [0.05, 0.1) is 12.2 Å². The van der Waals surface area contributed by atoms with Crippen LogP contribution in [0.1, 0.15) is 31.1 Å². The van der Waals surface area contributed by atoms with Crippen LogP contribution in [-0.2, 0) is 14.3 Å². The van der Waals surface area contributed by atoms with E-state index in [1.807, 2.05) is 38.3 Å². The molecule has 0 radical (unpaired) electrons. The number of carbonyl (C=O) groups excluding carboxylic acids is 3. The van der Waals surface area contributed by atoms with Crippen LogP contribution < -0.4 is 10.2 Å². The molecule has 1 aromatic heterocycles. The summed E-state index contributed by atoms with van der Waals surface area (Å²) in [6.45, 7) is 9.39. The van der Waals surface area contributed by atoms with E-state index in [1.165, 1.54) is 4.90 Å². The molecule has 3 fully saturated rings. The third-order valence-electron chi connectivity index (χ3n) is 7.54. The van der Waals surface area contributed by atoms with Gasteiger partial charge in [0.1, 0.15) is 30.9 Å². The number of aromatic nitrogens is 1. The van der Waals surface area contributed by atoms with Crippen LogP contribution in [0.3, 0.4) is 0 Å². The third kappa shape index (κ3) is 5.20. The minimum absolute atomic E-state index is 0.000806. The molecular weight excluding hydrogens is 506 g/mol. The van der Waals surface area contributed by atoms with E-state index >= 15 is 0 Å². The van der Waals surface area contributed by atoms with Crippen molar-refractivity contribution >= 4 is 34.1 Å². The molecule has 2 aromatic rings. The summed E-state index contributed by atoms with van der Waals surface area (Å²) < 4.78 is 5.40. The van der Waals surface area contributed by atoms with Crippen molar-refractivity contribution in [2.24, 2.45) is 5.41 Å². The first-order valence-corrected chi connectivity index (χ1v) is 13.8. The van der Waals surface area contributed by atoms with E-state index in [2.05, 4.69) is 22.2 Å². The quantitative estimate of drug-likeness (QED) is 0.581. The van der Waals surface area contributed by atoms with Crippen molar-refractivity contribution in [3.63, 3.8) is 0 Å². The molecule has 3 aliphatic rings. The lowest BCUT2D eigenvalue weighted by Gasteiger charge is -2.34. The summed E-state index contributed by atoms with van der Waals surface area (Å²) in [7, 11) is 2.12. The molecule has 204 valence electrons. The second-order valence-electron chi connectivity index (χ2n) is 11.4. The number of thiazole rings is 1. The van der Waals surface area contributed by atoms with E-state index in [0.29, 0.717) is 5.56 Å². The number of ketones is 1. The summed E-state index contributed by atoms with van der Waals surface area (Å²) in [5.41, 5.74) is 1.58. The van der Waals surface area contributed by atoms with Gasteiger partial charge in [-0.2, -0.15) is 0 Å². The Labute approximate surface area is 226 Å². The molecule has 3 aliphatic heterocycles. The number of hydrogen-bond acceptors (Lipinski definition) is 9. The van der Waals surface area contributed by atoms with Crippen LogP contribution in [0, 0.1) is 5.41 Å². The van der Waals surface area contributed by atoms with E-state index in [0.717, 1.165) is 42.6 Å². The number of fused-ring (bicyclic) bond motifs is 1. The summed E-state index contributed by atoms with van der Waals surface area (Å²) in [6.07, 6.45) is -1.64. The van der Waals surface area contributed by atoms with E-state index in [1.54, 1.807) is 23.5 Å². The van der Waals surface area contributed by atoms with Gasteiger partial charge in [0.15, 0.2) is 10.9 Å². The minimum Gasteiger partial charge on any atom is -0.388 e. The Balaban J connectivity index is 1.28. The lowest BCUT2D eigenvalue weighted by Crippen LogP contribution is -2.57. The van der Waals surface area contributed by atoms with Gasteiger partial charge < -0.3 is 29.9 Å². The number of aliphatic hydroxyl groups excluding tert-OH is 1. The standard InChI is InChI=1S/C27H35N5O5S/c1-27(2,3)23(25(36)32-13-19(33)22-21(32)20(34)14-37-22)29-24(35)17-7-5-16(6-8-17)18-15-38-26(28-18)31-11-9-30(4)10-12-31/h5-8,15,19,21-23,33H,9-14H2,1-4H3,(H,29,35)/t19-,21-,22+,23-/m1/s1. The number of hydrogen-bond donors (Lipinski definition) is 2. The number of β-amino-alcohol motifs (C(OH)–C–C–N with tert-alkyl or cyclic N) is 1. The zero-order chi connectivity index (χ0) is 27.2. The zero-order valence-electron chi connectivity index (χ0n) is 22.2. The van der Waals surface area contributed by atoms with E-state index in [-0.39, 0.29) is 24.8 Å². The Morgan fingerprint density at radius 2 is 1.84 bits per heavy atom. The van der Waals surface area contributed by atoms with Crippen molar-refractivity contribution < 1.29 is 24.2 Å². The molecule has 0 bridgehead atoms. The second-order valence-corrected chi connectivity index (χ2v) is 12.2. The van der Waals surface area contributed by atoms with Crippen LogP contribution in [0.5, 0.6) is 0 Å². The summed E-state index contributed by atoms with van der Waals surface area (Å²) in [4.78, 5) is 49.9. The Morgan fingerprint density at radius 3 is 2.50 bits per heavy atom. The zero-order valence-corrected chi connectivity index (χ0v) is 23.0. The largest absolute Gasteiger partial charge is 0.388 e. The first-order valence-electron chi connectivity index (χ1n) is 13.0. The maximum absolute atomic E-state index is 13.6. The highest BCUT2D eigenvalue weighted by Gasteiger charge is 2.53. The number of carbonyl (C=O) groups is 3. The number of nitrogens with zero attached hydrogens (tertiary/aromatic N) is 4. The number of nitrogens with one attached hydrogen (secondary N) is 1. The molecule has 2 N–H and O–H groups in total. The van der Waals surface area contributed by atoms with Crippen LogP contribution in [0.25, 0.3) is 11.3 Å². The number of likely N-dealkylation sites (N-methyl/N-ethyl adjacent to an activating group) is 1. The molecule has 4 atom stereocenters. The number of benzene rings is 1. The van der Waals surface area contributed by atoms with Crippen LogP contribution in [-0.4, -0.2) is 108 Å². The van der Waals surface area contributed by atoms with Crippen molar-refractivity contribution in [1.82, 2.24) is 20.1 Å². The van der Waals surface area contributed by atoms with Crippen molar-refractivity contribution in [1.29, 1.82) is 0 Å². The van der Waals surface area contributed by atoms with Crippen molar-refractivity contribution in [2.45, 2.75) is 45.1 Å². The highest BCUT2D eigenvalue weighted by molar-refractivity contribution is 7.14. The van der Waals surface area contributed by atoms with E-state index < -0.39 is 35.6 Å². The SMILES string of the molecule is CN1CCN(c2nc(-c3ccc(C(=O)N[C@H](C(=O)N4C[C@@H](O)[C@@H]5OCC(=O)[C@H]54)C(C)(C)C)cc3)cs2)CC1. The molecule has 0 saturated carbocycles. The Hall–Kier alpha value is -2.86. The number of amides is 2. The van der Waals surface area contributed by atoms with Gasteiger partial charge in [0, 0.05) is 42.7 Å². The summed E-state index contributed by atoms with van der Waals surface area (Å²) in [5, 5.41) is 16.2. The molecule has 0 spiro atoms. The number of Topliss-reactive ketones (excluding diaryl/α,β-unsaturated/α-hetero) is 1. The normalized spacial score (nSPS) is 25.0. The number of anilines is 1. The molecule has 0 aliphatic carbocycles. The molecular formula is C27H35N5O5S. The topological polar surface area (TPSA) is 115 Å². The minimum atomic E-state index is -0.929. The maximum atomic E-state index is 13.6. The molecule has 2 amide bonds. The van der Waals surface area contributed by atoms with E-state index in [9.17, 15) is 19.5 Å². The monoisotopic (exact) mass is 541 g/mol. The smallest absolute Gasteiger partial charge is 0.251 e. The molecule has 10 nitrogen and oxygen atoms in total. The Kier molecular flexibility index (Phi) is 7.29. The average Bonchev–Trinajstić information content (AvgIpc) is 3.60. The Bertz CT molecular complexity index is 1200. The van der Waals surface area contributed by atoms with Crippen LogP contribution in [0.2, 0.25) is 0 Å². The van der Waals surface area contributed by atoms with Crippen molar-refractivity contribution in [2.75, 3.05) is 51.3 Å². The number of likely N-dealkylation sites (tertiary alicyclic amines) is 1. The Morgan fingerprint density at radius 1 is 1.16 bits per heavy atom. The number of ether oxygens (including phenoxy) is 1. The van der Waals surface area contributed by atoms with Crippen LogP contribution in [0.4, 0.5) is 5.13 Å². The molecule has 1 aromatic carbocycles. The third-order valence-corrected chi connectivity index (χ3v) is 8.44. The van der Waals surface area contributed by atoms with Gasteiger partial charge in [-0.1, -0.05) is 32.9 Å². The molecule has 0 unspecified atom stereocenters.